The molecule has 0 saturated carbocycles. The van der Waals surface area contributed by atoms with Crippen LogP contribution in [0.4, 0.5) is 10.5 Å². The normalized spacial score (nSPS) is 14.5. The first kappa shape index (κ1) is 18.6. The molecule has 0 radical (unpaired) electrons. The highest BCUT2D eigenvalue weighted by molar-refractivity contribution is 5.95. The molecule has 7 heteroatoms. The zero-order chi connectivity index (χ0) is 19.2. The number of aromatic nitrogens is 1. The molecule has 0 atom stereocenters. The second-order valence-electron chi connectivity index (χ2n) is 6.53. The summed E-state index contributed by atoms with van der Waals surface area (Å²) in [5.74, 6) is -0.0232. The van der Waals surface area contributed by atoms with Gasteiger partial charge in [0.2, 0.25) is 0 Å². The van der Waals surface area contributed by atoms with Crippen LogP contribution in [0.2, 0.25) is 0 Å². The fourth-order valence-corrected chi connectivity index (χ4v) is 3.04. The largest absolute Gasteiger partial charge is 0.338 e. The Bertz CT molecular complexity index is 813. The first-order valence-corrected chi connectivity index (χ1v) is 8.91. The van der Waals surface area contributed by atoms with Crippen LogP contribution in [0.25, 0.3) is 0 Å². The van der Waals surface area contributed by atoms with Crippen molar-refractivity contribution in [3.63, 3.8) is 0 Å². The summed E-state index contributed by atoms with van der Waals surface area (Å²) in [7, 11) is 0. The van der Waals surface area contributed by atoms with Crippen molar-refractivity contribution in [2.45, 2.75) is 25.8 Å². The fourth-order valence-electron chi connectivity index (χ4n) is 3.04. The van der Waals surface area contributed by atoms with Crippen molar-refractivity contribution in [1.82, 2.24) is 15.2 Å². The third-order valence-electron chi connectivity index (χ3n) is 4.59. The maximum atomic E-state index is 12.4. The van der Waals surface area contributed by atoms with Gasteiger partial charge >= 0.3 is 6.03 Å². The lowest BCUT2D eigenvalue weighted by atomic mass is 10.0. The summed E-state index contributed by atoms with van der Waals surface area (Å²) in [6, 6.07) is 9.91. The Kier molecular flexibility index (Phi) is 5.80. The SMILES string of the molecule is CC(=O)c1ccc(NC(=O)NC2CCN(C(=O)c3ccncc3)CC2)cc1. The number of urea groups is 1. The van der Waals surface area contributed by atoms with Gasteiger partial charge < -0.3 is 15.5 Å². The summed E-state index contributed by atoms with van der Waals surface area (Å²) in [5, 5.41) is 5.71. The zero-order valence-corrected chi connectivity index (χ0v) is 15.1. The smallest absolute Gasteiger partial charge is 0.319 e. The molecule has 2 aromatic rings. The zero-order valence-electron chi connectivity index (χ0n) is 15.1. The average Bonchev–Trinajstić information content (AvgIpc) is 2.69. The predicted molar refractivity (Wildman–Crippen MR) is 102 cm³/mol. The van der Waals surface area contributed by atoms with Gasteiger partial charge in [-0.2, -0.15) is 0 Å². The lowest BCUT2D eigenvalue weighted by molar-refractivity contribution is 0.0708. The number of likely N-dealkylation sites (tertiary alicyclic amines) is 1. The molecule has 0 aliphatic carbocycles. The van der Waals surface area contributed by atoms with E-state index in [1.165, 1.54) is 6.92 Å². The van der Waals surface area contributed by atoms with Crippen LogP contribution in [-0.2, 0) is 0 Å². The second kappa shape index (κ2) is 8.44. The Morgan fingerprint density at radius 3 is 2.19 bits per heavy atom. The first-order valence-electron chi connectivity index (χ1n) is 8.91. The number of carbonyl (C=O) groups is 3. The number of hydrogen-bond acceptors (Lipinski definition) is 4. The number of nitrogens with one attached hydrogen (secondary N) is 2. The van der Waals surface area contributed by atoms with Crippen LogP contribution in [0.15, 0.2) is 48.8 Å². The Morgan fingerprint density at radius 2 is 1.59 bits per heavy atom. The van der Waals surface area contributed by atoms with Crippen molar-refractivity contribution in [2.24, 2.45) is 0 Å². The Balaban J connectivity index is 1.46. The molecule has 1 aliphatic rings. The van der Waals surface area contributed by atoms with Crippen LogP contribution >= 0.6 is 0 Å². The highest BCUT2D eigenvalue weighted by atomic mass is 16.2. The number of pyridine rings is 1. The molecule has 1 aromatic carbocycles. The topological polar surface area (TPSA) is 91.4 Å². The van der Waals surface area contributed by atoms with E-state index in [1.54, 1.807) is 53.7 Å². The quantitative estimate of drug-likeness (QED) is 0.814. The molecule has 140 valence electrons. The van der Waals surface area contributed by atoms with E-state index in [9.17, 15) is 14.4 Å². The Hall–Kier alpha value is -3.22. The lowest BCUT2D eigenvalue weighted by Crippen LogP contribution is -2.47. The number of benzene rings is 1. The average molecular weight is 366 g/mol. The number of anilines is 1. The number of piperidine rings is 1. The molecule has 27 heavy (non-hydrogen) atoms. The van der Waals surface area contributed by atoms with Gasteiger partial charge in [-0.15, -0.1) is 0 Å². The third-order valence-corrected chi connectivity index (χ3v) is 4.59. The van der Waals surface area contributed by atoms with Crippen LogP contribution in [0.3, 0.4) is 0 Å². The van der Waals surface area contributed by atoms with Gasteiger partial charge in [-0.25, -0.2) is 4.79 Å². The van der Waals surface area contributed by atoms with E-state index in [0.717, 1.165) is 0 Å². The van der Waals surface area contributed by atoms with E-state index in [4.69, 9.17) is 0 Å². The van der Waals surface area contributed by atoms with Crippen LogP contribution in [0.1, 0.15) is 40.5 Å². The fraction of sp³-hybridized carbons (Fsp3) is 0.300. The number of hydrogen-bond donors (Lipinski definition) is 2. The summed E-state index contributed by atoms with van der Waals surface area (Å²) >= 11 is 0. The summed E-state index contributed by atoms with van der Waals surface area (Å²) in [4.78, 5) is 41.6. The van der Waals surface area contributed by atoms with E-state index in [-0.39, 0.29) is 23.8 Å². The van der Waals surface area contributed by atoms with Crippen LogP contribution < -0.4 is 10.6 Å². The maximum Gasteiger partial charge on any atom is 0.319 e. The molecule has 3 amide bonds. The molecule has 3 rings (SSSR count). The molecule has 1 aliphatic heterocycles. The van der Waals surface area contributed by atoms with Crippen LogP contribution in [0.5, 0.6) is 0 Å². The molecule has 7 nitrogen and oxygen atoms in total. The highest BCUT2D eigenvalue weighted by Gasteiger charge is 2.24. The molecule has 1 saturated heterocycles. The molecular formula is C20H22N4O3. The Morgan fingerprint density at radius 1 is 0.963 bits per heavy atom. The predicted octanol–water partition coefficient (Wildman–Crippen LogP) is 2.71. The minimum Gasteiger partial charge on any atom is -0.338 e. The summed E-state index contributed by atoms with van der Waals surface area (Å²) < 4.78 is 0. The van der Waals surface area contributed by atoms with E-state index in [2.05, 4.69) is 15.6 Å². The summed E-state index contributed by atoms with van der Waals surface area (Å²) in [5.41, 5.74) is 1.86. The van der Waals surface area contributed by atoms with E-state index < -0.39 is 0 Å². The van der Waals surface area contributed by atoms with Gasteiger partial charge in [0.1, 0.15) is 0 Å². The number of ketones is 1. The van der Waals surface area contributed by atoms with E-state index >= 15 is 0 Å². The summed E-state index contributed by atoms with van der Waals surface area (Å²) in [6.45, 7) is 2.69. The standard InChI is InChI=1S/C20H22N4O3/c1-14(25)15-2-4-17(5-3-15)22-20(27)23-18-8-12-24(13-9-18)19(26)16-6-10-21-11-7-16/h2-7,10-11,18H,8-9,12-13H2,1H3,(H2,22,23,27). The van der Waals surface area contributed by atoms with E-state index in [0.29, 0.717) is 42.7 Å². The van der Waals surface area contributed by atoms with Gasteiger partial charge in [0.05, 0.1) is 0 Å². The Labute approximate surface area is 157 Å². The van der Waals surface area contributed by atoms with Crippen molar-refractivity contribution in [1.29, 1.82) is 0 Å². The number of nitrogens with zero attached hydrogens (tertiary/aromatic N) is 2. The molecule has 0 bridgehead atoms. The van der Waals surface area contributed by atoms with Crippen molar-refractivity contribution >= 4 is 23.4 Å². The minimum atomic E-state index is -0.288. The van der Waals surface area contributed by atoms with Gasteiger partial charge in [0, 0.05) is 48.3 Å². The van der Waals surface area contributed by atoms with Gasteiger partial charge in [-0.1, -0.05) is 0 Å². The summed E-state index contributed by atoms with van der Waals surface area (Å²) in [6.07, 6.45) is 4.62. The maximum absolute atomic E-state index is 12.4. The molecule has 0 spiro atoms. The van der Waals surface area contributed by atoms with Crippen molar-refractivity contribution in [3.8, 4) is 0 Å². The van der Waals surface area contributed by atoms with Gasteiger partial charge in [0.25, 0.3) is 5.91 Å². The number of rotatable bonds is 4. The van der Waals surface area contributed by atoms with Gasteiger partial charge in [-0.3, -0.25) is 14.6 Å². The molecule has 2 N–H and O–H groups in total. The molecule has 2 heterocycles. The number of carbonyl (C=O) groups excluding carboxylic acids is 3. The van der Waals surface area contributed by atoms with Gasteiger partial charge in [-0.05, 0) is 56.2 Å². The number of amides is 3. The first-order chi connectivity index (χ1) is 13.0. The van der Waals surface area contributed by atoms with Crippen LogP contribution in [-0.4, -0.2) is 46.7 Å². The van der Waals surface area contributed by atoms with Crippen molar-refractivity contribution in [2.75, 3.05) is 18.4 Å². The molecular weight excluding hydrogens is 344 g/mol. The van der Waals surface area contributed by atoms with Gasteiger partial charge in [0.15, 0.2) is 5.78 Å². The monoisotopic (exact) mass is 366 g/mol. The van der Waals surface area contributed by atoms with Crippen molar-refractivity contribution < 1.29 is 14.4 Å². The minimum absolute atomic E-state index is 0.00846. The molecule has 0 unspecified atom stereocenters. The second-order valence-corrected chi connectivity index (χ2v) is 6.53. The number of Topliss-reactive ketones (excluding diaryl/α,β-unsaturated/α-hetero) is 1. The lowest BCUT2D eigenvalue weighted by Gasteiger charge is -2.32. The molecule has 1 fully saturated rings. The molecule has 1 aromatic heterocycles. The van der Waals surface area contributed by atoms with Crippen molar-refractivity contribution in [3.05, 3.63) is 59.9 Å². The van der Waals surface area contributed by atoms with E-state index in [1.807, 2.05) is 0 Å². The van der Waals surface area contributed by atoms with Crippen LogP contribution in [0, 0.1) is 0 Å². The third kappa shape index (κ3) is 4.91. The highest BCUT2D eigenvalue weighted by Crippen LogP contribution is 2.15.